The maximum Gasteiger partial charge on any atom is 0.308 e. The molecule has 0 aliphatic heterocycles. The molecule has 0 bridgehead atoms. The van der Waals surface area contributed by atoms with Gasteiger partial charge in [0.25, 0.3) is 11.2 Å². The van der Waals surface area contributed by atoms with E-state index in [-0.39, 0.29) is 28.5 Å². The molecule has 0 aliphatic carbocycles. The molecule has 0 unspecified atom stereocenters. The van der Waals surface area contributed by atoms with Crippen LogP contribution in [0.1, 0.15) is 38.1 Å². The summed E-state index contributed by atoms with van der Waals surface area (Å²) < 4.78 is 6.97. The maximum absolute atomic E-state index is 13.1. The number of halogens is 1. The number of carbonyl (C=O) groups excluding carboxylic acids is 1. The van der Waals surface area contributed by atoms with E-state index in [2.05, 4.69) is 26.0 Å². The second-order valence-electron chi connectivity index (χ2n) is 6.72. The summed E-state index contributed by atoms with van der Waals surface area (Å²) in [6.07, 6.45) is 1.24. The molecule has 154 valence electrons. The topological polar surface area (TPSA) is 117 Å². The smallest absolute Gasteiger partial charge is 0.308 e. The van der Waals surface area contributed by atoms with Crippen LogP contribution in [0.15, 0.2) is 50.8 Å². The average molecular weight is 473 g/mol. The van der Waals surface area contributed by atoms with Gasteiger partial charge in [0.15, 0.2) is 0 Å². The van der Waals surface area contributed by atoms with Gasteiger partial charge in [-0.1, -0.05) is 29.8 Å². The van der Waals surface area contributed by atoms with Crippen molar-refractivity contribution in [2.45, 2.75) is 26.7 Å². The van der Waals surface area contributed by atoms with Gasteiger partial charge in [0, 0.05) is 35.0 Å². The molecule has 0 radical (unpaired) electrons. The zero-order valence-corrected chi connectivity index (χ0v) is 17.9. The van der Waals surface area contributed by atoms with E-state index in [0.29, 0.717) is 16.7 Å². The van der Waals surface area contributed by atoms with Crippen LogP contribution in [0.5, 0.6) is 5.75 Å². The molecule has 1 heterocycles. The minimum absolute atomic E-state index is 0.0903. The number of nitro benzene ring substituents is 1. The van der Waals surface area contributed by atoms with Crippen molar-refractivity contribution < 1.29 is 14.5 Å². The van der Waals surface area contributed by atoms with E-state index >= 15 is 0 Å². The maximum atomic E-state index is 13.1. The molecule has 2 aromatic carbocycles. The molecule has 0 atom stereocenters. The van der Waals surface area contributed by atoms with Crippen molar-refractivity contribution >= 4 is 44.7 Å². The van der Waals surface area contributed by atoms with E-state index in [0.717, 1.165) is 9.15 Å². The Morgan fingerprint density at radius 2 is 2.03 bits per heavy atom. The zero-order chi connectivity index (χ0) is 22.0. The van der Waals surface area contributed by atoms with Crippen LogP contribution >= 0.6 is 15.9 Å². The molecule has 0 saturated carbocycles. The van der Waals surface area contributed by atoms with Gasteiger partial charge in [-0.05, 0) is 24.3 Å². The first-order chi connectivity index (χ1) is 14.2. The van der Waals surface area contributed by atoms with E-state index in [4.69, 9.17) is 4.74 Å². The summed E-state index contributed by atoms with van der Waals surface area (Å²) in [7, 11) is 0. The number of fused-ring (bicyclic) bond motifs is 1. The third-order valence-electron chi connectivity index (χ3n) is 4.12. The van der Waals surface area contributed by atoms with Crippen molar-refractivity contribution in [1.29, 1.82) is 0 Å². The SMILES string of the molecule is CC(=O)Oc1ccc([N+](=O)[O-])cc1C=Nn1c(C(C)C)nc2ccc(Br)cc2c1=O. The van der Waals surface area contributed by atoms with Crippen molar-refractivity contribution in [3.05, 3.63) is 72.7 Å². The normalized spacial score (nSPS) is 11.4. The molecule has 3 aromatic rings. The van der Waals surface area contributed by atoms with Crippen LogP contribution in [0.3, 0.4) is 0 Å². The summed E-state index contributed by atoms with van der Waals surface area (Å²) in [5.41, 5.74) is 0.120. The molecule has 0 saturated heterocycles. The Kier molecular flexibility index (Phi) is 6.06. The van der Waals surface area contributed by atoms with E-state index in [1.807, 2.05) is 13.8 Å². The van der Waals surface area contributed by atoms with Crippen LogP contribution in [0.2, 0.25) is 0 Å². The summed E-state index contributed by atoms with van der Waals surface area (Å²) in [4.78, 5) is 39.5. The Hall–Kier alpha value is -3.40. The van der Waals surface area contributed by atoms with Crippen LogP contribution in [0.4, 0.5) is 5.69 Å². The van der Waals surface area contributed by atoms with Crippen molar-refractivity contribution in [2.75, 3.05) is 0 Å². The lowest BCUT2D eigenvalue weighted by Crippen LogP contribution is -2.23. The van der Waals surface area contributed by atoms with Gasteiger partial charge in [-0.25, -0.2) is 4.98 Å². The summed E-state index contributed by atoms with van der Waals surface area (Å²) in [6.45, 7) is 4.96. The number of aromatic nitrogens is 2. The monoisotopic (exact) mass is 472 g/mol. The molecule has 9 nitrogen and oxygen atoms in total. The quantitative estimate of drug-likeness (QED) is 0.182. The highest BCUT2D eigenvalue weighted by atomic mass is 79.9. The molecule has 0 spiro atoms. The van der Waals surface area contributed by atoms with Crippen molar-refractivity contribution in [3.8, 4) is 5.75 Å². The highest BCUT2D eigenvalue weighted by molar-refractivity contribution is 9.10. The number of benzene rings is 2. The lowest BCUT2D eigenvalue weighted by molar-refractivity contribution is -0.384. The van der Waals surface area contributed by atoms with Gasteiger partial charge in [-0.3, -0.25) is 19.7 Å². The van der Waals surface area contributed by atoms with Crippen LogP contribution in [-0.4, -0.2) is 26.8 Å². The molecule has 0 fully saturated rings. The van der Waals surface area contributed by atoms with Crippen LogP contribution in [0, 0.1) is 10.1 Å². The number of non-ortho nitro benzene ring substituents is 1. The highest BCUT2D eigenvalue weighted by Gasteiger charge is 2.15. The Morgan fingerprint density at radius 1 is 1.30 bits per heavy atom. The van der Waals surface area contributed by atoms with Gasteiger partial charge in [-0.2, -0.15) is 9.78 Å². The first kappa shape index (κ1) is 21.3. The van der Waals surface area contributed by atoms with E-state index in [9.17, 15) is 19.7 Å². The number of rotatable bonds is 5. The molecule has 0 N–H and O–H groups in total. The van der Waals surface area contributed by atoms with Crippen molar-refractivity contribution in [1.82, 2.24) is 9.66 Å². The Bertz CT molecular complexity index is 1250. The van der Waals surface area contributed by atoms with E-state index in [1.165, 1.54) is 31.3 Å². The fourth-order valence-corrected chi connectivity index (χ4v) is 3.13. The molecule has 10 heteroatoms. The van der Waals surface area contributed by atoms with Gasteiger partial charge in [0.1, 0.15) is 11.6 Å². The number of ether oxygens (including phenoxy) is 1. The first-order valence-electron chi connectivity index (χ1n) is 8.90. The second kappa shape index (κ2) is 8.54. The number of nitro groups is 1. The number of esters is 1. The Labute approximate surface area is 179 Å². The lowest BCUT2D eigenvalue weighted by Gasteiger charge is -2.12. The summed E-state index contributed by atoms with van der Waals surface area (Å²) in [6, 6.07) is 8.92. The zero-order valence-electron chi connectivity index (χ0n) is 16.3. The largest absolute Gasteiger partial charge is 0.426 e. The van der Waals surface area contributed by atoms with E-state index in [1.54, 1.807) is 18.2 Å². The third-order valence-corrected chi connectivity index (χ3v) is 4.61. The summed E-state index contributed by atoms with van der Waals surface area (Å²) >= 11 is 3.34. The molecule has 0 amide bonds. The minimum Gasteiger partial charge on any atom is -0.426 e. The average Bonchev–Trinajstić information content (AvgIpc) is 2.67. The van der Waals surface area contributed by atoms with Crippen molar-refractivity contribution in [2.24, 2.45) is 5.10 Å². The first-order valence-corrected chi connectivity index (χ1v) is 9.70. The number of hydrogen-bond acceptors (Lipinski definition) is 7. The Morgan fingerprint density at radius 3 is 2.67 bits per heavy atom. The minimum atomic E-state index is -0.587. The summed E-state index contributed by atoms with van der Waals surface area (Å²) in [5.74, 6) is -0.199. The number of carbonyl (C=O) groups is 1. The van der Waals surface area contributed by atoms with E-state index < -0.39 is 10.9 Å². The fourth-order valence-electron chi connectivity index (χ4n) is 2.77. The predicted molar refractivity (Wildman–Crippen MR) is 115 cm³/mol. The Balaban J connectivity index is 2.20. The van der Waals surface area contributed by atoms with Gasteiger partial charge < -0.3 is 4.74 Å². The van der Waals surface area contributed by atoms with Gasteiger partial charge in [0.2, 0.25) is 0 Å². The number of hydrogen-bond donors (Lipinski definition) is 0. The lowest BCUT2D eigenvalue weighted by atomic mass is 10.2. The van der Waals surface area contributed by atoms with Crippen LogP contribution in [-0.2, 0) is 4.79 Å². The number of nitrogens with zero attached hydrogens (tertiary/aromatic N) is 4. The van der Waals surface area contributed by atoms with Gasteiger partial charge in [-0.15, -0.1) is 0 Å². The third kappa shape index (κ3) is 4.43. The van der Waals surface area contributed by atoms with Gasteiger partial charge >= 0.3 is 5.97 Å². The van der Waals surface area contributed by atoms with Crippen LogP contribution < -0.4 is 10.3 Å². The van der Waals surface area contributed by atoms with Gasteiger partial charge in [0.05, 0.1) is 22.0 Å². The molecule has 0 aliphatic rings. The molecular formula is C20H17BrN4O5. The standard InChI is InChI=1S/C20H17BrN4O5/c1-11(2)19-23-17-6-4-14(21)9-16(17)20(27)24(19)22-10-13-8-15(25(28)29)5-7-18(13)30-12(3)26/h4-11H,1-3H3. The molecular weight excluding hydrogens is 456 g/mol. The summed E-state index contributed by atoms with van der Waals surface area (Å²) in [5, 5.41) is 15.7. The van der Waals surface area contributed by atoms with Crippen LogP contribution in [0.25, 0.3) is 10.9 Å². The second-order valence-corrected chi connectivity index (χ2v) is 7.64. The molecule has 3 rings (SSSR count). The van der Waals surface area contributed by atoms with Crippen molar-refractivity contribution in [3.63, 3.8) is 0 Å². The fraction of sp³-hybridized carbons (Fsp3) is 0.200. The molecule has 1 aromatic heterocycles. The predicted octanol–water partition coefficient (Wildman–Crippen LogP) is 4.00. The highest BCUT2D eigenvalue weighted by Crippen LogP contribution is 2.24. The molecule has 30 heavy (non-hydrogen) atoms.